The van der Waals surface area contributed by atoms with E-state index in [1.807, 2.05) is 0 Å². The van der Waals surface area contributed by atoms with Crippen molar-refractivity contribution in [2.24, 2.45) is 0 Å². The zero-order valence-corrected chi connectivity index (χ0v) is 15.8. The van der Waals surface area contributed by atoms with Crippen LogP contribution in [0.5, 0.6) is 0 Å². The van der Waals surface area contributed by atoms with E-state index in [1.54, 1.807) is 18.2 Å². The summed E-state index contributed by atoms with van der Waals surface area (Å²) in [6, 6.07) is 9.30. The van der Waals surface area contributed by atoms with Gasteiger partial charge in [-0.05, 0) is 48.0 Å². The van der Waals surface area contributed by atoms with Gasteiger partial charge in [-0.25, -0.2) is 4.68 Å². The number of anilines is 2. The van der Waals surface area contributed by atoms with Crippen molar-refractivity contribution >= 4 is 34.9 Å². The first-order chi connectivity index (χ1) is 14.2. The van der Waals surface area contributed by atoms with Gasteiger partial charge in [0.05, 0.1) is 17.4 Å². The minimum absolute atomic E-state index is 0.141. The minimum Gasteiger partial charge on any atom is -0.325 e. The van der Waals surface area contributed by atoms with Crippen LogP contribution in [0.3, 0.4) is 0 Å². The fourth-order valence-corrected chi connectivity index (χ4v) is 4.23. The van der Waals surface area contributed by atoms with Crippen LogP contribution in [-0.4, -0.2) is 21.6 Å². The molecule has 0 radical (unpaired) electrons. The molecule has 2 aliphatic heterocycles. The molecule has 1 atom stereocenters. The Morgan fingerprint density at radius 2 is 1.77 bits per heavy atom. The summed E-state index contributed by atoms with van der Waals surface area (Å²) < 4.78 is 39.9. The smallest absolute Gasteiger partial charge is 0.325 e. The van der Waals surface area contributed by atoms with Gasteiger partial charge in [-0.2, -0.15) is 18.3 Å². The number of carbonyl (C=O) groups is 2. The van der Waals surface area contributed by atoms with Gasteiger partial charge >= 0.3 is 6.18 Å². The van der Waals surface area contributed by atoms with Gasteiger partial charge in [0, 0.05) is 22.7 Å². The third kappa shape index (κ3) is 2.55. The van der Waals surface area contributed by atoms with Gasteiger partial charge in [0.2, 0.25) is 11.8 Å². The molecule has 0 unspecified atom stereocenters. The van der Waals surface area contributed by atoms with E-state index in [4.69, 9.17) is 11.6 Å². The quantitative estimate of drug-likeness (QED) is 0.607. The number of nitrogens with one attached hydrogen (secondary N) is 2. The second kappa shape index (κ2) is 6.09. The molecule has 2 amide bonds. The monoisotopic (exact) mass is 432 g/mol. The summed E-state index contributed by atoms with van der Waals surface area (Å²) in [6.07, 6.45) is -3.16. The molecule has 0 saturated heterocycles. The lowest BCUT2D eigenvalue weighted by Gasteiger charge is -2.31. The molecule has 6 nitrogen and oxygen atoms in total. The zero-order valence-electron chi connectivity index (χ0n) is 15.0. The highest BCUT2D eigenvalue weighted by Gasteiger charge is 2.54. The van der Waals surface area contributed by atoms with Crippen LogP contribution in [0, 0.1) is 0 Å². The van der Waals surface area contributed by atoms with E-state index in [1.165, 1.54) is 23.0 Å². The first-order valence-electron chi connectivity index (χ1n) is 8.87. The third-order valence-corrected chi connectivity index (χ3v) is 5.66. The van der Waals surface area contributed by atoms with Gasteiger partial charge in [0.25, 0.3) is 0 Å². The second-order valence-corrected chi connectivity index (χ2v) is 7.57. The van der Waals surface area contributed by atoms with Gasteiger partial charge < -0.3 is 10.6 Å². The molecule has 2 aromatic carbocycles. The van der Waals surface area contributed by atoms with E-state index in [2.05, 4.69) is 15.7 Å². The highest BCUT2D eigenvalue weighted by Crippen LogP contribution is 2.50. The summed E-state index contributed by atoms with van der Waals surface area (Å²) in [4.78, 5) is 25.6. The van der Waals surface area contributed by atoms with Crippen molar-refractivity contribution < 1.29 is 22.8 Å². The Morgan fingerprint density at radius 3 is 2.47 bits per heavy atom. The molecule has 152 valence electrons. The minimum atomic E-state index is -4.47. The topological polar surface area (TPSA) is 76.0 Å². The Balaban J connectivity index is 1.68. The number of amides is 2. The van der Waals surface area contributed by atoms with Crippen LogP contribution in [0.25, 0.3) is 5.69 Å². The van der Waals surface area contributed by atoms with Crippen molar-refractivity contribution in [3.8, 4) is 5.69 Å². The first-order valence-corrected chi connectivity index (χ1v) is 9.25. The number of hydrogen-bond acceptors (Lipinski definition) is 3. The number of rotatable bonds is 1. The lowest BCUT2D eigenvalue weighted by Crippen LogP contribution is -2.43. The molecule has 0 bridgehead atoms. The average molecular weight is 433 g/mol. The molecule has 5 rings (SSSR count). The van der Waals surface area contributed by atoms with E-state index in [0.717, 1.165) is 12.1 Å². The van der Waals surface area contributed by atoms with Crippen molar-refractivity contribution in [1.29, 1.82) is 0 Å². The van der Waals surface area contributed by atoms with Crippen LogP contribution in [0.2, 0.25) is 5.02 Å². The van der Waals surface area contributed by atoms with E-state index in [9.17, 15) is 22.8 Å². The Hall–Kier alpha value is -3.33. The number of carbonyl (C=O) groups excluding carboxylic acids is 2. The Morgan fingerprint density at radius 1 is 1.03 bits per heavy atom. The van der Waals surface area contributed by atoms with Crippen molar-refractivity contribution in [2.45, 2.75) is 18.0 Å². The summed E-state index contributed by atoms with van der Waals surface area (Å²) in [6.45, 7) is 0. The Kier molecular flexibility index (Phi) is 3.79. The summed E-state index contributed by atoms with van der Waals surface area (Å²) >= 11 is 6.14. The van der Waals surface area contributed by atoms with Gasteiger partial charge in [-0.15, -0.1) is 0 Å². The molecule has 1 spiro atoms. The number of hydrogen-bond donors (Lipinski definition) is 2. The Labute approximate surface area is 172 Å². The standard InChI is InChI=1S/C20H12ClF3N4O2/c21-11-3-6-15-13(7-11)19(18(30)26-15)8-16(29)27-17-14(19)9-25-28(17)12-4-1-10(2-5-12)20(22,23)24/h1-7,9H,8H2,(H,26,30)(H,27,29)/t19-/m0/s1. The molecule has 10 heteroatoms. The molecule has 2 aliphatic rings. The third-order valence-electron chi connectivity index (χ3n) is 5.43. The molecule has 30 heavy (non-hydrogen) atoms. The average Bonchev–Trinajstić information content (AvgIpc) is 3.22. The second-order valence-electron chi connectivity index (χ2n) is 7.14. The van der Waals surface area contributed by atoms with Crippen LogP contribution >= 0.6 is 11.6 Å². The highest BCUT2D eigenvalue weighted by molar-refractivity contribution is 6.31. The predicted molar refractivity (Wildman–Crippen MR) is 103 cm³/mol. The number of alkyl halides is 3. The maximum absolute atomic E-state index is 13.0. The van der Waals surface area contributed by atoms with Crippen molar-refractivity contribution in [1.82, 2.24) is 9.78 Å². The van der Waals surface area contributed by atoms with Crippen molar-refractivity contribution in [2.75, 3.05) is 10.6 Å². The summed E-state index contributed by atoms with van der Waals surface area (Å²) in [5, 5.41) is 10.1. The lowest BCUT2D eigenvalue weighted by molar-refractivity contribution is -0.137. The van der Waals surface area contributed by atoms with Crippen LogP contribution in [0.4, 0.5) is 24.7 Å². The fourth-order valence-electron chi connectivity index (χ4n) is 4.05. The SMILES string of the molecule is O=C1C[C@@]2(C(=O)Nc3ccc(Cl)cc32)c2cnn(-c3ccc(C(F)(F)F)cc3)c2N1. The molecular weight excluding hydrogens is 421 g/mol. The van der Waals surface area contributed by atoms with E-state index < -0.39 is 23.1 Å². The summed E-state index contributed by atoms with van der Waals surface area (Å²) in [7, 11) is 0. The molecule has 0 saturated carbocycles. The molecular formula is C20H12ClF3N4O2. The van der Waals surface area contributed by atoms with Crippen LogP contribution in [0.15, 0.2) is 48.7 Å². The van der Waals surface area contributed by atoms with Gasteiger partial charge in [-0.3, -0.25) is 9.59 Å². The van der Waals surface area contributed by atoms with Crippen LogP contribution in [-0.2, 0) is 21.2 Å². The molecule has 2 N–H and O–H groups in total. The zero-order chi connectivity index (χ0) is 21.3. The van der Waals surface area contributed by atoms with E-state index in [-0.39, 0.29) is 18.1 Å². The normalized spacial score (nSPS) is 20.0. The number of fused-ring (bicyclic) bond motifs is 4. The largest absolute Gasteiger partial charge is 0.416 e. The number of benzene rings is 2. The Bertz CT molecular complexity index is 1220. The molecule has 1 aromatic heterocycles. The predicted octanol–water partition coefficient (Wildman–Crippen LogP) is 4.12. The lowest BCUT2D eigenvalue weighted by atomic mass is 9.72. The molecule has 3 heterocycles. The van der Waals surface area contributed by atoms with Crippen molar-refractivity contribution in [3.05, 3.63) is 70.4 Å². The maximum Gasteiger partial charge on any atom is 0.416 e. The van der Waals surface area contributed by atoms with Crippen LogP contribution < -0.4 is 10.6 Å². The maximum atomic E-state index is 13.0. The molecule has 0 aliphatic carbocycles. The number of halogens is 4. The van der Waals surface area contributed by atoms with Gasteiger partial charge in [0.1, 0.15) is 11.2 Å². The highest BCUT2D eigenvalue weighted by atomic mass is 35.5. The first kappa shape index (κ1) is 18.7. The van der Waals surface area contributed by atoms with Gasteiger partial charge in [0.15, 0.2) is 0 Å². The van der Waals surface area contributed by atoms with Gasteiger partial charge in [-0.1, -0.05) is 11.6 Å². The fraction of sp³-hybridized carbons (Fsp3) is 0.150. The van der Waals surface area contributed by atoms with E-state index >= 15 is 0 Å². The van der Waals surface area contributed by atoms with E-state index in [0.29, 0.717) is 27.5 Å². The summed E-state index contributed by atoms with van der Waals surface area (Å²) in [5.41, 5.74) is -0.254. The number of aromatic nitrogens is 2. The molecule has 3 aromatic rings. The summed E-state index contributed by atoms with van der Waals surface area (Å²) in [5.74, 6) is -0.573. The van der Waals surface area contributed by atoms with Crippen molar-refractivity contribution in [3.63, 3.8) is 0 Å². The van der Waals surface area contributed by atoms with Crippen LogP contribution in [0.1, 0.15) is 23.1 Å². The molecule has 0 fully saturated rings. The number of nitrogens with zero attached hydrogens (tertiary/aromatic N) is 2.